The van der Waals surface area contributed by atoms with Gasteiger partial charge in [-0.3, -0.25) is 4.79 Å². The van der Waals surface area contributed by atoms with Crippen LogP contribution in [0.5, 0.6) is 0 Å². The van der Waals surface area contributed by atoms with Gasteiger partial charge in [0.25, 0.3) is 0 Å². The van der Waals surface area contributed by atoms with Gasteiger partial charge in [0, 0.05) is 18.7 Å². The van der Waals surface area contributed by atoms with E-state index in [1.54, 1.807) is 18.2 Å². The Balaban J connectivity index is 2.00. The molecule has 4 nitrogen and oxygen atoms in total. The second kappa shape index (κ2) is 9.49. The number of allylic oxidation sites excluding steroid dienone is 1. The molecule has 1 aromatic rings. The smallest absolute Gasteiger partial charge is 0.331 e. The van der Waals surface area contributed by atoms with Crippen molar-refractivity contribution in [3.63, 3.8) is 0 Å². The van der Waals surface area contributed by atoms with Crippen LogP contribution in [-0.2, 0) is 20.9 Å². The second-order valence-corrected chi connectivity index (χ2v) is 8.41. The number of carbonyl (C=O) groups is 2. The van der Waals surface area contributed by atoms with Gasteiger partial charge in [0.1, 0.15) is 11.4 Å². The van der Waals surface area contributed by atoms with Gasteiger partial charge >= 0.3 is 5.97 Å². The highest BCUT2D eigenvalue weighted by Crippen LogP contribution is 2.29. The molecule has 0 atom stereocenters. The SMILES string of the molecule is CC(C)(C)OC(=O)C=C1CCC(N(Cc2ccc(F)cc2)C(=O)CBr)CC1. The van der Waals surface area contributed by atoms with Crippen molar-refractivity contribution in [1.82, 2.24) is 4.90 Å². The summed E-state index contributed by atoms with van der Waals surface area (Å²) in [4.78, 5) is 26.2. The number of halogens is 2. The molecule has 6 heteroatoms. The minimum atomic E-state index is -0.500. The van der Waals surface area contributed by atoms with Crippen LogP contribution in [0.15, 0.2) is 35.9 Å². The van der Waals surface area contributed by atoms with Gasteiger partial charge in [-0.05, 0) is 64.2 Å². The molecule has 0 unspecified atom stereocenters. The fourth-order valence-electron chi connectivity index (χ4n) is 3.21. The number of nitrogens with zero attached hydrogens (tertiary/aromatic N) is 1. The maximum absolute atomic E-state index is 13.1. The van der Waals surface area contributed by atoms with Gasteiger partial charge in [-0.15, -0.1) is 0 Å². The second-order valence-electron chi connectivity index (χ2n) is 7.85. The molecule has 1 aromatic carbocycles. The molecule has 0 saturated heterocycles. The lowest BCUT2D eigenvalue weighted by Gasteiger charge is -2.35. The Labute approximate surface area is 168 Å². The molecule has 1 saturated carbocycles. The first-order valence-electron chi connectivity index (χ1n) is 9.20. The maximum Gasteiger partial charge on any atom is 0.331 e. The number of ether oxygens (including phenoxy) is 1. The van der Waals surface area contributed by atoms with Crippen LogP contribution in [0.1, 0.15) is 52.0 Å². The summed E-state index contributed by atoms with van der Waals surface area (Å²) in [6, 6.07) is 6.35. The number of rotatable bonds is 5. The van der Waals surface area contributed by atoms with E-state index in [0.717, 1.165) is 36.8 Å². The lowest BCUT2D eigenvalue weighted by molar-refractivity contribution is -0.148. The van der Waals surface area contributed by atoms with Gasteiger partial charge in [0.2, 0.25) is 5.91 Å². The molecule has 27 heavy (non-hydrogen) atoms. The monoisotopic (exact) mass is 439 g/mol. The van der Waals surface area contributed by atoms with Crippen molar-refractivity contribution >= 4 is 27.8 Å². The first-order valence-corrected chi connectivity index (χ1v) is 10.3. The molecule has 0 heterocycles. The number of benzene rings is 1. The topological polar surface area (TPSA) is 46.6 Å². The van der Waals surface area contributed by atoms with E-state index in [4.69, 9.17) is 4.74 Å². The molecule has 148 valence electrons. The molecule has 0 radical (unpaired) electrons. The summed E-state index contributed by atoms with van der Waals surface area (Å²) in [7, 11) is 0. The van der Waals surface area contributed by atoms with Crippen LogP contribution >= 0.6 is 15.9 Å². The Morgan fingerprint density at radius 3 is 2.33 bits per heavy atom. The summed E-state index contributed by atoms with van der Waals surface area (Å²) in [5, 5.41) is 0.255. The van der Waals surface area contributed by atoms with Crippen LogP contribution in [0.4, 0.5) is 4.39 Å². The Bertz CT molecular complexity index is 684. The molecule has 0 spiro atoms. The van der Waals surface area contributed by atoms with Crippen molar-refractivity contribution in [2.24, 2.45) is 0 Å². The van der Waals surface area contributed by atoms with E-state index < -0.39 is 5.60 Å². The number of carbonyl (C=O) groups excluding carboxylic acids is 2. The van der Waals surface area contributed by atoms with Crippen LogP contribution < -0.4 is 0 Å². The van der Waals surface area contributed by atoms with Crippen LogP contribution in [0.25, 0.3) is 0 Å². The Morgan fingerprint density at radius 1 is 1.22 bits per heavy atom. The number of hydrogen-bond acceptors (Lipinski definition) is 3. The van der Waals surface area contributed by atoms with Gasteiger partial charge in [-0.25, -0.2) is 9.18 Å². The third-order valence-corrected chi connectivity index (χ3v) is 4.95. The van der Waals surface area contributed by atoms with Gasteiger partial charge in [-0.2, -0.15) is 0 Å². The molecular formula is C21H27BrFNO3. The zero-order chi connectivity index (χ0) is 20.0. The lowest BCUT2D eigenvalue weighted by Crippen LogP contribution is -2.41. The highest BCUT2D eigenvalue weighted by molar-refractivity contribution is 9.09. The number of hydrogen-bond donors (Lipinski definition) is 0. The van der Waals surface area contributed by atoms with Crippen molar-refractivity contribution in [1.29, 1.82) is 0 Å². The van der Waals surface area contributed by atoms with Crippen molar-refractivity contribution in [3.05, 3.63) is 47.3 Å². The largest absolute Gasteiger partial charge is 0.457 e. The van der Waals surface area contributed by atoms with Crippen molar-refractivity contribution in [2.45, 2.75) is 64.6 Å². The lowest BCUT2D eigenvalue weighted by atomic mass is 9.89. The van der Waals surface area contributed by atoms with E-state index in [1.165, 1.54) is 12.1 Å². The molecule has 1 aliphatic carbocycles. The first kappa shape index (κ1) is 21.6. The highest BCUT2D eigenvalue weighted by Gasteiger charge is 2.27. The molecule has 0 aromatic heterocycles. The number of amides is 1. The molecule has 0 N–H and O–H groups in total. The summed E-state index contributed by atoms with van der Waals surface area (Å²) in [6.45, 7) is 6.00. The Hall–Kier alpha value is -1.69. The summed E-state index contributed by atoms with van der Waals surface area (Å²) in [6.07, 6.45) is 4.72. The fourth-order valence-corrected chi connectivity index (χ4v) is 3.53. The van der Waals surface area contributed by atoms with Gasteiger partial charge in [0.05, 0.1) is 5.33 Å². The van der Waals surface area contributed by atoms with Gasteiger partial charge in [0.15, 0.2) is 0 Å². The van der Waals surface area contributed by atoms with Crippen LogP contribution in [0, 0.1) is 5.82 Å². The number of alkyl halides is 1. The van der Waals surface area contributed by atoms with Crippen molar-refractivity contribution in [2.75, 3.05) is 5.33 Å². The molecule has 1 aliphatic rings. The summed E-state index contributed by atoms with van der Waals surface area (Å²) < 4.78 is 18.5. The van der Waals surface area contributed by atoms with E-state index in [2.05, 4.69) is 15.9 Å². The Kier molecular flexibility index (Phi) is 7.59. The maximum atomic E-state index is 13.1. The highest BCUT2D eigenvalue weighted by atomic mass is 79.9. The number of esters is 1. The predicted octanol–water partition coefficient (Wildman–Crippen LogP) is 4.76. The average Bonchev–Trinajstić information content (AvgIpc) is 2.60. The van der Waals surface area contributed by atoms with Crippen LogP contribution in [-0.4, -0.2) is 33.7 Å². The zero-order valence-electron chi connectivity index (χ0n) is 16.1. The van der Waals surface area contributed by atoms with Gasteiger partial charge < -0.3 is 9.64 Å². The van der Waals surface area contributed by atoms with E-state index in [-0.39, 0.29) is 29.1 Å². The van der Waals surface area contributed by atoms with Crippen molar-refractivity contribution < 1.29 is 18.7 Å². The zero-order valence-corrected chi connectivity index (χ0v) is 17.7. The van der Waals surface area contributed by atoms with E-state index >= 15 is 0 Å². The molecular weight excluding hydrogens is 413 g/mol. The third kappa shape index (κ3) is 7.09. The average molecular weight is 440 g/mol. The standard InChI is InChI=1S/C21H27BrFNO3/c1-21(2,3)27-20(26)12-15-6-10-18(11-7-15)24(19(25)13-22)14-16-4-8-17(23)9-5-16/h4-5,8-9,12,18H,6-7,10-11,13-14H2,1-3H3. The van der Waals surface area contributed by atoms with Crippen LogP contribution in [0.3, 0.4) is 0 Å². The van der Waals surface area contributed by atoms with Crippen LogP contribution in [0.2, 0.25) is 0 Å². The summed E-state index contributed by atoms with van der Waals surface area (Å²) in [5.74, 6) is -0.578. The summed E-state index contributed by atoms with van der Waals surface area (Å²) >= 11 is 3.26. The van der Waals surface area contributed by atoms with E-state index in [9.17, 15) is 14.0 Å². The summed E-state index contributed by atoms with van der Waals surface area (Å²) in [5.41, 5.74) is 1.47. The Morgan fingerprint density at radius 2 is 1.81 bits per heavy atom. The van der Waals surface area contributed by atoms with E-state index in [0.29, 0.717) is 6.54 Å². The minimum absolute atomic E-state index is 0.0175. The fraction of sp³-hybridized carbons (Fsp3) is 0.524. The van der Waals surface area contributed by atoms with Gasteiger partial charge in [-0.1, -0.05) is 33.6 Å². The third-order valence-electron chi connectivity index (χ3n) is 4.47. The molecule has 0 bridgehead atoms. The molecule has 1 fully saturated rings. The quantitative estimate of drug-likeness (QED) is 0.377. The minimum Gasteiger partial charge on any atom is -0.457 e. The van der Waals surface area contributed by atoms with Crippen molar-refractivity contribution in [3.8, 4) is 0 Å². The predicted molar refractivity (Wildman–Crippen MR) is 107 cm³/mol. The first-order chi connectivity index (χ1) is 12.7. The van der Waals surface area contributed by atoms with E-state index in [1.807, 2.05) is 25.7 Å². The molecule has 2 rings (SSSR count). The normalized spacial score (nSPS) is 17.4. The molecule has 0 aliphatic heterocycles. The molecule has 1 amide bonds.